The van der Waals surface area contributed by atoms with E-state index in [9.17, 15) is 13.2 Å². The summed E-state index contributed by atoms with van der Waals surface area (Å²) in [4.78, 5) is 11.4. The minimum absolute atomic E-state index is 0.0380. The highest BCUT2D eigenvalue weighted by Crippen LogP contribution is 2.34. The Kier molecular flexibility index (Phi) is 6.86. The van der Waals surface area contributed by atoms with E-state index in [1.54, 1.807) is 11.2 Å². The molecule has 2 rings (SSSR count). The highest BCUT2D eigenvalue weighted by molar-refractivity contribution is 7.89. The number of esters is 1. The second-order valence-electron chi connectivity index (χ2n) is 6.00. The van der Waals surface area contributed by atoms with Crippen LogP contribution in [-0.4, -0.2) is 37.6 Å². The SMILES string of the molecule is CCOC(=O)CCCS(=O)(=O)N1CCCC[C@H]1c1ccc(CC)o1. The number of furan rings is 1. The van der Waals surface area contributed by atoms with Gasteiger partial charge in [-0.2, -0.15) is 4.31 Å². The van der Waals surface area contributed by atoms with E-state index in [1.807, 2.05) is 19.1 Å². The van der Waals surface area contributed by atoms with Gasteiger partial charge in [0.2, 0.25) is 10.0 Å². The van der Waals surface area contributed by atoms with Gasteiger partial charge < -0.3 is 9.15 Å². The summed E-state index contributed by atoms with van der Waals surface area (Å²) < 4.78 is 37.6. The van der Waals surface area contributed by atoms with Gasteiger partial charge in [-0.3, -0.25) is 4.79 Å². The van der Waals surface area contributed by atoms with Gasteiger partial charge in [-0.05, 0) is 38.3 Å². The first-order chi connectivity index (χ1) is 11.5. The molecule has 0 saturated carbocycles. The standard InChI is InChI=1S/C17H27NO5S/c1-3-14-10-11-16(23-14)15-8-5-6-12-18(15)24(20,21)13-7-9-17(19)22-4-2/h10-11,15H,3-9,12-13H2,1-2H3/t15-/m0/s1. The second-order valence-corrected chi connectivity index (χ2v) is 8.05. The van der Waals surface area contributed by atoms with Crippen LogP contribution in [0.5, 0.6) is 0 Å². The third kappa shape index (κ3) is 4.83. The van der Waals surface area contributed by atoms with Gasteiger partial charge in [-0.15, -0.1) is 0 Å². The smallest absolute Gasteiger partial charge is 0.305 e. The predicted molar refractivity (Wildman–Crippen MR) is 91.0 cm³/mol. The molecule has 7 heteroatoms. The fourth-order valence-electron chi connectivity index (χ4n) is 3.04. The van der Waals surface area contributed by atoms with Crippen molar-refractivity contribution in [1.82, 2.24) is 4.31 Å². The summed E-state index contributed by atoms with van der Waals surface area (Å²) >= 11 is 0. The van der Waals surface area contributed by atoms with Crippen molar-refractivity contribution >= 4 is 16.0 Å². The Morgan fingerprint density at radius 2 is 2.12 bits per heavy atom. The highest BCUT2D eigenvalue weighted by Gasteiger charge is 2.34. The molecule has 0 unspecified atom stereocenters. The molecule has 0 bridgehead atoms. The lowest BCUT2D eigenvalue weighted by atomic mass is 10.0. The first kappa shape index (κ1) is 19.0. The predicted octanol–water partition coefficient (Wildman–Crippen LogP) is 3.04. The van der Waals surface area contributed by atoms with Gasteiger partial charge in [0.05, 0.1) is 18.4 Å². The largest absolute Gasteiger partial charge is 0.466 e. The Balaban J connectivity index is 2.03. The number of hydrogen-bond donors (Lipinski definition) is 0. The van der Waals surface area contributed by atoms with E-state index in [1.165, 1.54) is 0 Å². The summed E-state index contributed by atoms with van der Waals surface area (Å²) in [6.45, 7) is 4.57. The fourth-order valence-corrected chi connectivity index (χ4v) is 4.78. The van der Waals surface area contributed by atoms with Gasteiger partial charge in [0.25, 0.3) is 0 Å². The number of carbonyl (C=O) groups excluding carboxylic acids is 1. The van der Waals surface area contributed by atoms with Crippen LogP contribution in [0.25, 0.3) is 0 Å². The number of ether oxygens (including phenoxy) is 1. The van der Waals surface area contributed by atoms with Crippen molar-refractivity contribution in [3.63, 3.8) is 0 Å². The zero-order chi connectivity index (χ0) is 17.6. The zero-order valence-corrected chi connectivity index (χ0v) is 15.3. The van der Waals surface area contributed by atoms with Crippen LogP contribution in [0.2, 0.25) is 0 Å². The lowest BCUT2D eigenvalue weighted by Crippen LogP contribution is -2.39. The van der Waals surface area contributed by atoms with Gasteiger partial charge in [-0.1, -0.05) is 13.3 Å². The summed E-state index contributed by atoms with van der Waals surface area (Å²) in [6.07, 6.45) is 3.82. The van der Waals surface area contributed by atoms with Crippen LogP contribution in [0, 0.1) is 0 Å². The summed E-state index contributed by atoms with van der Waals surface area (Å²) in [6, 6.07) is 3.57. The molecule has 0 aliphatic carbocycles. The second kappa shape index (κ2) is 8.67. The molecule has 0 N–H and O–H groups in total. The molecule has 136 valence electrons. The van der Waals surface area contributed by atoms with E-state index >= 15 is 0 Å². The van der Waals surface area contributed by atoms with Crippen LogP contribution in [-0.2, 0) is 26.0 Å². The van der Waals surface area contributed by atoms with Gasteiger partial charge in [-0.25, -0.2) is 8.42 Å². The van der Waals surface area contributed by atoms with Crippen LogP contribution in [0.1, 0.15) is 63.5 Å². The molecule has 1 aliphatic rings. The van der Waals surface area contributed by atoms with Crippen molar-refractivity contribution in [2.45, 2.75) is 58.4 Å². The average Bonchev–Trinajstić information content (AvgIpc) is 3.04. The van der Waals surface area contributed by atoms with Crippen LogP contribution >= 0.6 is 0 Å². The van der Waals surface area contributed by atoms with E-state index in [0.29, 0.717) is 13.2 Å². The quantitative estimate of drug-likeness (QED) is 0.668. The van der Waals surface area contributed by atoms with E-state index in [4.69, 9.17) is 9.15 Å². The maximum absolute atomic E-state index is 12.7. The highest BCUT2D eigenvalue weighted by atomic mass is 32.2. The fraction of sp³-hybridized carbons (Fsp3) is 0.706. The molecule has 1 saturated heterocycles. The maximum Gasteiger partial charge on any atom is 0.305 e. The summed E-state index contributed by atoms with van der Waals surface area (Å²) in [5.74, 6) is 1.21. The number of rotatable bonds is 8. The number of aryl methyl sites for hydroxylation is 1. The minimum Gasteiger partial charge on any atom is -0.466 e. The minimum atomic E-state index is -3.42. The van der Waals surface area contributed by atoms with Crippen molar-refractivity contribution in [3.8, 4) is 0 Å². The number of piperidine rings is 1. The Labute approximate surface area is 144 Å². The Bertz CT molecular complexity index is 637. The molecular formula is C17H27NO5S. The number of sulfonamides is 1. The molecule has 1 atom stereocenters. The van der Waals surface area contributed by atoms with Gasteiger partial charge in [0.1, 0.15) is 11.5 Å². The monoisotopic (exact) mass is 357 g/mol. The molecule has 2 heterocycles. The van der Waals surface area contributed by atoms with E-state index in [2.05, 4.69) is 0 Å². The number of nitrogens with zero attached hydrogens (tertiary/aromatic N) is 1. The molecule has 0 aromatic carbocycles. The molecule has 0 radical (unpaired) electrons. The lowest BCUT2D eigenvalue weighted by molar-refractivity contribution is -0.143. The van der Waals surface area contributed by atoms with E-state index in [0.717, 1.165) is 37.2 Å². The normalized spacial score (nSPS) is 19.3. The van der Waals surface area contributed by atoms with Crippen LogP contribution in [0.4, 0.5) is 0 Å². The first-order valence-corrected chi connectivity index (χ1v) is 10.3. The Morgan fingerprint density at radius 1 is 1.33 bits per heavy atom. The van der Waals surface area contributed by atoms with Crippen LogP contribution in [0.3, 0.4) is 0 Å². The first-order valence-electron chi connectivity index (χ1n) is 8.71. The van der Waals surface area contributed by atoms with Crippen molar-refractivity contribution in [2.24, 2.45) is 0 Å². The molecule has 6 nitrogen and oxygen atoms in total. The van der Waals surface area contributed by atoms with E-state index < -0.39 is 10.0 Å². The maximum atomic E-state index is 12.7. The molecule has 0 spiro atoms. The van der Waals surface area contributed by atoms with E-state index in [-0.39, 0.29) is 30.6 Å². The molecular weight excluding hydrogens is 330 g/mol. The molecule has 24 heavy (non-hydrogen) atoms. The molecule has 1 aromatic heterocycles. The van der Waals surface area contributed by atoms with Gasteiger partial charge >= 0.3 is 5.97 Å². The third-order valence-electron chi connectivity index (χ3n) is 4.26. The third-order valence-corrected chi connectivity index (χ3v) is 6.22. The topological polar surface area (TPSA) is 76.8 Å². The summed E-state index contributed by atoms with van der Waals surface area (Å²) in [5, 5.41) is 0. The lowest BCUT2D eigenvalue weighted by Gasteiger charge is -2.33. The zero-order valence-electron chi connectivity index (χ0n) is 14.5. The summed E-state index contributed by atoms with van der Waals surface area (Å²) in [5.41, 5.74) is 0. The van der Waals surface area contributed by atoms with Crippen LogP contribution in [0.15, 0.2) is 16.5 Å². The van der Waals surface area contributed by atoms with Crippen molar-refractivity contribution in [1.29, 1.82) is 0 Å². The van der Waals surface area contributed by atoms with Crippen molar-refractivity contribution < 1.29 is 22.4 Å². The molecule has 1 fully saturated rings. The Morgan fingerprint density at radius 3 is 2.79 bits per heavy atom. The van der Waals surface area contributed by atoms with Gasteiger partial charge in [0, 0.05) is 19.4 Å². The molecule has 0 amide bonds. The number of carbonyl (C=O) groups is 1. The Hall–Kier alpha value is -1.34. The van der Waals surface area contributed by atoms with Gasteiger partial charge in [0.15, 0.2) is 0 Å². The molecule has 1 aromatic rings. The average molecular weight is 357 g/mol. The summed E-state index contributed by atoms with van der Waals surface area (Å²) in [7, 11) is -3.42. The number of hydrogen-bond acceptors (Lipinski definition) is 5. The molecule has 1 aliphatic heterocycles. The van der Waals surface area contributed by atoms with Crippen molar-refractivity contribution in [3.05, 3.63) is 23.7 Å². The van der Waals surface area contributed by atoms with Crippen molar-refractivity contribution in [2.75, 3.05) is 18.9 Å². The van der Waals surface area contributed by atoms with Crippen LogP contribution < -0.4 is 0 Å².